The maximum atomic E-state index is 9.63. The normalized spacial score (nSPS) is 10.4. The average Bonchev–Trinajstić information content (AvgIpc) is 2.17. The monoisotopic (exact) mass is 188 g/mol. The first kappa shape index (κ1) is 12.4. The van der Waals surface area contributed by atoms with Gasteiger partial charge in [0.2, 0.25) is 0 Å². The first-order valence-electron chi connectivity index (χ1n) is 4.64. The largest absolute Gasteiger partial charge is 0.455 e. The molecule has 0 saturated heterocycles. The van der Waals surface area contributed by atoms with Crippen molar-refractivity contribution in [2.45, 2.75) is 13.8 Å². The van der Waals surface area contributed by atoms with Crippen molar-refractivity contribution in [2.75, 3.05) is 39.5 Å². The molecule has 0 aliphatic rings. The lowest BCUT2D eigenvalue weighted by Crippen LogP contribution is -2.27. The number of nitrogens with zero attached hydrogens (tertiary/aromatic N) is 1. The van der Waals surface area contributed by atoms with Gasteiger partial charge < -0.3 is 14.4 Å². The van der Waals surface area contributed by atoms with Crippen molar-refractivity contribution in [3.05, 3.63) is 0 Å². The fraction of sp³-hybridized carbons (Fsp3) is 0.889. The molecular formula is C9H18NO3. The zero-order valence-corrected chi connectivity index (χ0v) is 8.41. The maximum absolute atomic E-state index is 9.63. The van der Waals surface area contributed by atoms with E-state index in [1.807, 2.05) is 0 Å². The number of likely N-dealkylation sites (N-methyl/N-ethyl adjacent to an activating group) is 1. The van der Waals surface area contributed by atoms with Crippen LogP contribution in [0.25, 0.3) is 0 Å². The van der Waals surface area contributed by atoms with Gasteiger partial charge in [-0.05, 0) is 13.1 Å². The van der Waals surface area contributed by atoms with Crippen LogP contribution < -0.4 is 0 Å². The van der Waals surface area contributed by atoms with Crippen molar-refractivity contribution in [1.82, 2.24) is 4.90 Å². The van der Waals surface area contributed by atoms with E-state index in [-0.39, 0.29) is 0 Å². The molecule has 0 amide bonds. The van der Waals surface area contributed by atoms with Crippen LogP contribution in [-0.4, -0.2) is 50.8 Å². The van der Waals surface area contributed by atoms with Gasteiger partial charge in [-0.25, -0.2) is 4.79 Å². The highest BCUT2D eigenvalue weighted by Crippen LogP contribution is 1.86. The number of rotatable bonds is 9. The van der Waals surface area contributed by atoms with Gasteiger partial charge in [0.25, 0.3) is 0 Å². The predicted octanol–water partition coefficient (Wildman–Crippen LogP) is 0.429. The first-order valence-corrected chi connectivity index (χ1v) is 4.64. The van der Waals surface area contributed by atoms with E-state index < -0.39 is 0 Å². The van der Waals surface area contributed by atoms with E-state index in [4.69, 9.17) is 4.74 Å². The van der Waals surface area contributed by atoms with E-state index in [9.17, 15) is 4.79 Å². The van der Waals surface area contributed by atoms with Gasteiger partial charge in [0, 0.05) is 6.54 Å². The average molecular weight is 188 g/mol. The molecule has 0 aliphatic carbocycles. The molecule has 0 N–H and O–H groups in total. The Morgan fingerprint density at radius 2 is 1.85 bits per heavy atom. The topological polar surface area (TPSA) is 38.8 Å². The summed E-state index contributed by atoms with van der Waals surface area (Å²) < 4.78 is 9.57. The highest BCUT2D eigenvalue weighted by atomic mass is 16.5. The van der Waals surface area contributed by atoms with Crippen LogP contribution in [0.4, 0.5) is 0 Å². The molecule has 0 aromatic rings. The summed E-state index contributed by atoms with van der Waals surface area (Å²) in [5, 5.41) is 0. The van der Waals surface area contributed by atoms with Crippen LogP contribution in [0, 0.1) is 0 Å². The van der Waals surface area contributed by atoms with Crippen LogP contribution in [0.15, 0.2) is 0 Å². The van der Waals surface area contributed by atoms with E-state index in [2.05, 4.69) is 23.5 Å². The number of carbonyl (C=O) groups excluding carboxylic acids is 1. The smallest absolute Gasteiger partial charge is 0.417 e. The second kappa shape index (κ2) is 9.48. The van der Waals surface area contributed by atoms with Crippen molar-refractivity contribution in [1.29, 1.82) is 0 Å². The summed E-state index contributed by atoms with van der Waals surface area (Å²) in [4.78, 5) is 11.9. The van der Waals surface area contributed by atoms with Gasteiger partial charge in [-0.3, -0.25) is 0 Å². The number of ether oxygens (including phenoxy) is 2. The van der Waals surface area contributed by atoms with Crippen LogP contribution in [-0.2, 0) is 14.3 Å². The van der Waals surface area contributed by atoms with Gasteiger partial charge >= 0.3 is 6.47 Å². The van der Waals surface area contributed by atoms with Crippen LogP contribution in [0.5, 0.6) is 0 Å². The maximum Gasteiger partial charge on any atom is 0.417 e. The summed E-state index contributed by atoms with van der Waals surface area (Å²) in [6.45, 7) is 10.0. The van der Waals surface area contributed by atoms with E-state index in [1.165, 1.54) is 6.47 Å². The molecule has 0 rings (SSSR count). The first-order chi connectivity index (χ1) is 6.35. The third-order valence-electron chi connectivity index (χ3n) is 1.83. The van der Waals surface area contributed by atoms with Gasteiger partial charge in [-0.1, -0.05) is 13.8 Å². The minimum absolute atomic E-state index is 0.293. The van der Waals surface area contributed by atoms with E-state index >= 15 is 0 Å². The van der Waals surface area contributed by atoms with Gasteiger partial charge in [0.15, 0.2) is 0 Å². The van der Waals surface area contributed by atoms with Crippen LogP contribution in [0.2, 0.25) is 0 Å². The number of hydrogen-bond acceptors (Lipinski definition) is 4. The Hall–Kier alpha value is -0.610. The number of hydrogen-bond donors (Lipinski definition) is 0. The Morgan fingerprint density at radius 3 is 2.38 bits per heavy atom. The predicted molar refractivity (Wildman–Crippen MR) is 50.3 cm³/mol. The van der Waals surface area contributed by atoms with E-state index in [0.29, 0.717) is 19.8 Å². The van der Waals surface area contributed by atoms with Crippen LogP contribution in [0.1, 0.15) is 13.8 Å². The molecule has 0 unspecified atom stereocenters. The minimum atomic E-state index is 0.293. The van der Waals surface area contributed by atoms with Gasteiger partial charge in [0.1, 0.15) is 6.61 Å². The van der Waals surface area contributed by atoms with Crippen molar-refractivity contribution in [2.24, 2.45) is 0 Å². The molecule has 4 nitrogen and oxygen atoms in total. The van der Waals surface area contributed by atoms with E-state index in [1.54, 1.807) is 0 Å². The quantitative estimate of drug-likeness (QED) is 0.492. The molecule has 0 bridgehead atoms. The molecule has 13 heavy (non-hydrogen) atoms. The molecule has 0 atom stereocenters. The minimum Gasteiger partial charge on any atom is -0.455 e. The van der Waals surface area contributed by atoms with Crippen molar-refractivity contribution >= 4 is 6.47 Å². The molecule has 0 heterocycles. The lowest BCUT2D eigenvalue weighted by atomic mass is 10.5. The molecule has 0 aliphatic heterocycles. The molecule has 0 spiro atoms. The zero-order chi connectivity index (χ0) is 9.94. The summed E-state index contributed by atoms with van der Waals surface area (Å²) in [5.74, 6) is 0. The SMILES string of the molecule is CCN(CC)CCOCCO[C]=O. The second-order valence-corrected chi connectivity index (χ2v) is 2.57. The van der Waals surface area contributed by atoms with Crippen molar-refractivity contribution in [3.8, 4) is 0 Å². The molecule has 4 heteroatoms. The molecule has 0 aromatic heterocycles. The molecule has 0 aromatic carbocycles. The summed E-state index contributed by atoms with van der Waals surface area (Å²) in [7, 11) is 0. The lowest BCUT2D eigenvalue weighted by Gasteiger charge is -2.17. The highest BCUT2D eigenvalue weighted by molar-refractivity contribution is 5.37. The van der Waals surface area contributed by atoms with Gasteiger partial charge in [-0.2, -0.15) is 0 Å². The van der Waals surface area contributed by atoms with Crippen molar-refractivity contribution < 1.29 is 14.3 Å². The fourth-order valence-corrected chi connectivity index (χ4v) is 0.978. The molecular weight excluding hydrogens is 170 g/mol. The Labute approximate surface area is 79.8 Å². The standard InChI is InChI=1S/C9H18NO3/c1-3-10(4-2)5-6-12-7-8-13-9-11/h3-8H2,1-2H3. The Kier molecular flexibility index (Phi) is 9.03. The summed E-state index contributed by atoms with van der Waals surface area (Å²) in [5.41, 5.74) is 0. The Bertz CT molecular complexity index is 115. The molecule has 1 radical (unpaired) electrons. The zero-order valence-electron chi connectivity index (χ0n) is 8.41. The molecule has 0 saturated carbocycles. The van der Waals surface area contributed by atoms with Crippen LogP contribution in [0.3, 0.4) is 0 Å². The Balaban J connectivity index is 3.09. The summed E-state index contributed by atoms with van der Waals surface area (Å²) in [6.07, 6.45) is 0. The summed E-state index contributed by atoms with van der Waals surface area (Å²) >= 11 is 0. The molecule has 0 fully saturated rings. The van der Waals surface area contributed by atoms with Gasteiger partial charge in [0.05, 0.1) is 13.2 Å². The highest BCUT2D eigenvalue weighted by Gasteiger charge is 1.97. The third kappa shape index (κ3) is 7.74. The summed E-state index contributed by atoms with van der Waals surface area (Å²) in [6, 6.07) is 0. The van der Waals surface area contributed by atoms with E-state index in [0.717, 1.165) is 19.6 Å². The van der Waals surface area contributed by atoms with Crippen LogP contribution >= 0.6 is 0 Å². The third-order valence-corrected chi connectivity index (χ3v) is 1.83. The lowest BCUT2D eigenvalue weighted by molar-refractivity contribution is 0.0778. The fourth-order valence-electron chi connectivity index (χ4n) is 0.978. The second-order valence-electron chi connectivity index (χ2n) is 2.57. The Morgan fingerprint density at radius 1 is 1.15 bits per heavy atom. The molecule has 77 valence electrons. The van der Waals surface area contributed by atoms with Crippen molar-refractivity contribution in [3.63, 3.8) is 0 Å². The van der Waals surface area contributed by atoms with Gasteiger partial charge in [-0.15, -0.1) is 0 Å².